The molecule has 0 spiro atoms. The van der Waals surface area contributed by atoms with Crippen LogP contribution in [-0.2, 0) is 11.3 Å². The molecule has 21 heavy (non-hydrogen) atoms. The molecular formula is C13H14F3N3OS. The topological polar surface area (TPSA) is 64.9 Å². The molecule has 114 valence electrons. The SMILES string of the molecule is Cc1ccccc1SCc1noc(C(C)(N)C(F)(F)F)n1. The van der Waals surface area contributed by atoms with Crippen LogP contribution in [0.2, 0.25) is 0 Å². The van der Waals surface area contributed by atoms with E-state index in [1.54, 1.807) is 0 Å². The molecular weight excluding hydrogens is 303 g/mol. The Kier molecular flexibility index (Phi) is 4.29. The highest BCUT2D eigenvalue weighted by molar-refractivity contribution is 7.98. The van der Waals surface area contributed by atoms with E-state index in [0.717, 1.165) is 17.4 Å². The molecule has 2 aromatic rings. The van der Waals surface area contributed by atoms with Crippen molar-refractivity contribution < 1.29 is 17.7 Å². The van der Waals surface area contributed by atoms with Gasteiger partial charge < -0.3 is 10.3 Å². The van der Waals surface area contributed by atoms with Gasteiger partial charge >= 0.3 is 6.18 Å². The van der Waals surface area contributed by atoms with Crippen LogP contribution in [0.3, 0.4) is 0 Å². The fourth-order valence-electron chi connectivity index (χ4n) is 1.51. The molecule has 8 heteroatoms. The van der Waals surface area contributed by atoms with Crippen molar-refractivity contribution in [3.05, 3.63) is 41.5 Å². The van der Waals surface area contributed by atoms with E-state index in [0.29, 0.717) is 5.75 Å². The Morgan fingerprint density at radius 3 is 2.57 bits per heavy atom. The minimum absolute atomic E-state index is 0.180. The van der Waals surface area contributed by atoms with Gasteiger partial charge in [0.2, 0.25) is 0 Å². The predicted octanol–water partition coefficient (Wildman–Crippen LogP) is 3.41. The number of nitrogens with two attached hydrogens (primary N) is 1. The summed E-state index contributed by atoms with van der Waals surface area (Å²) in [6.45, 7) is 2.75. The van der Waals surface area contributed by atoms with Crippen LogP contribution in [0.5, 0.6) is 0 Å². The van der Waals surface area contributed by atoms with Crippen molar-refractivity contribution in [2.24, 2.45) is 5.73 Å². The third-order valence-electron chi connectivity index (χ3n) is 2.95. The number of halogens is 3. The molecule has 1 heterocycles. The molecule has 0 aliphatic rings. The number of rotatable bonds is 4. The third kappa shape index (κ3) is 3.38. The quantitative estimate of drug-likeness (QED) is 0.876. The summed E-state index contributed by atoms with van der Waals surface area (Å²) in [4.78, 5) is 4.76. The zero-order valence-electron chi connectivity index (χ0n) is 11.4. The van der Waals surface area contributed by atoms with Crippen LogP contribution in [0, 0.1) is 6.92 Å². The lowest BCUT2D eigenvalue weighted by atomic mass is 10.0. The van der Waals surface area contributed by atoms with Crippen LogP contribution < -0.4 is 5.73 Å². The predicted molar refractivity (Wildman–Crippen MR) is 72.6 cm³/mol. The van der Waals surface area contributed by atoms with Crippen molar-refractivity contribution in [1.29, 1.82) is 0 Å². The van der Waals surface area contributed by atoms with Crippen LogP contribution in [0.25, 0.3) is 0 Å². The van der Waals surface area contributed by atoms with Gasteiger partial charge in [0, 0.05) is 4.90 Å². The van der Waals surface area contributed by atoms with Gasteiger partial charge in [0.25, 0.3) is 5.89 Å². The fraction of sp³-hybridized carbons (Fsp3) is 0.385. The summed E-state index contributed by atoms with van der Waals surface area (Å²) in [5, 5.41) is 3.55. The van der Waals surface area contributed by atoms with Crippen LogP contribution in [0.15, 0.2) is 33.7 Å². The molecule has 0 radical (unpaired) electrons. The fourth-order valence-corrected chi connectivity index (χ4v) is 2.38. The van der Waals surface area contributed by atoms with Crippen molar-refractivity contribution >= 4 is 11.8 Å². The second-order valence-corrected chi connectivity index (χ2v) is 5.79. The molecule has 0 saturated carbocycles. The highest BCUT2D eigenvalue weighted by Gasteiger charge is 2.53. The van der Waals surface area contributed by atoms with Crippen molar-refractivity contribution in [2.75, 3.05) is 0 Å². The summed E-state index contributed by atoms with van der Waals surface area (Å²) in [5.41, 5.74) is 3.66. The molecule has 1 aromatic heterocycles. The Hall–Kier alpha value is -1.54. The lowest BCUT2D eigenvalue weighted by molar-refractivity contribution is -0.190. The monoisotopic (exact) mass is 317 g/mol. The first-order valence-electron chi connectivity index (χ1n) is 6.09. The van der Waals surface area contributed by atoms with E-state index in [9.17, 15) is 13.2 Å². The van der Waals surface area contributed by atoms with Crippen LogP contribution in [0.1, 0.15) is 24.2 Å². The first-order chi connectivity index (χ1) is 9.72. The second-order valence-electron chi connectivity index (χ2n) is 4.77. The first kappa shape index (κ1) is 15.8. The molecule has 0 aliphatic heterocycles. The molecule has 0 fully saturated rings. The number of aromatic nitrogens is 2. The smallest absolute Gasteiger partial charge is 0.337 e. The minimum atomic E-state index is -4.65. The number of aryl methyl sites for hydroxylation is 1. The average molecular weight is 317 g/mol. The van der Waals surface area contributed by atoms with E-state index < -0.39 is 17.6 Å². The number of hydrogen-bond acceptors (Lipinski definition) is 5. The highest BCUT2D eigenvalue weighted by Crippen LogP contribution is 2.35. The summed E-state index contributed by atoms with van der Waals surface area (Å²) >= 11 is 1.42. The summed E-state index contributed by atoms with van der Waals surface area (Å²) < 4.78 is 43.0. The van der Waals surface area contributed by atoms with Crippen LogP contribution in [-0.4, -0.2) is 16.3 Å². The maximum Gasteiger partial charge on any atom is 0.415 e. The van der Waals surface area contributed by atoms with E-state index in [2.05, 4.69) is 14.7 Å². The number of thioether (sulfide) groups is 1. The average Bonchev–Trinajstić information content (AvgIpc) is 2.86. The third-order valence-corrected chi connectivity index (χ3v) is 4.12. The van der Waals surface area contributed by atoms with E-state index in [1.165, 1.54) is 11.8 Å². The zero-order valence-corrected chi connectivity index (χ0v) is 12.3. The molecule has 2 rings (SSSR count). The second kappa shape index (κ2) is 5.69. The lowest BCUT2D eigenvalue weighted by Crippen LogP contribution is -2.48. The van der Waals surface area contributed by atoms with E-state index in [-0.39, 0.29) is 5.82 Å². The standard InChI is InChI=1S/C13H14F3N3OS/c1-8-5-3-4-6-9(8)21-7-10-18-11(20-19-10)12(2,17)13(14,15)16/h3-6H,7,17H2,1-2H3. The van der Waals surface area contributed by atoms with Gasteiger partial charge in [-0.05, 0) is 25.5 Å². The molecule has 4 nitrogen and oxygen atoms in total. The van der Waals surface area contributed by atoms with E-state index >= 15 is 0 Å². The van der Waals surface area contributed by atoms with Crippen molar-refractivity contribution in [3.8, 4) is 0 Å². The van der Waals surface area contributed by atoms with Crippen LogP contribution >= 0.6 is 11.8 Å². The van der Waals surface area contributed by atoms with E-state index in [1.807, 2.05) is 31.2 Å². The normalized spacial score (nSPS) is 15.0. The Bertz CT molecular complexity index is 625. The van der Waals surface area contributed by atoms with Gasteiger partial charge in [0.1, 0.15) is 0 Å². The minimum Gasteiger partial charge on any atom is -0.337 e. The van der Waals surface area contributed by atoms with Gasteiger partial charge in [-0.15, -0.1) is 11.8 Å². The van der Waals surface area contributed by atoms with Gasteiger partial charge in [-0.3, -0.25) is 0 Å². The number of benzene rings is 1. The number of alkyl halides is 3. The highest BCUT2D eigenvalue weighted by atomic mass is 32.2. The van der Waals surface area contributed by atoms with Gasteiger partial charge in [0.15, 0.2) is 11.4 Å². The molecule has 1 aromatic carbocycles. The molecule has 1 unspecified atom stereocenters. The molecule has 0 saturated heterocycles. The summed E-state index contributed by atoms with van der Waals surface area (Å²) in [6, 6.07) is 7.67. The lowest BCUT2D eigenvalue weighted by Gasteiger charge is -2.22. The summed E-state index contributed by atoms with van der Waals surface area (Å²) in [7, 11) is 0. The Morgan fingerprint density at radius 1 is 1.29 bits per heavy atom. The van der Waals surface area contributed by atoms with Crippen molar-refractivity contribution in [3.63, 3.8) is 0 Å². The number of nitrogens with zero attached hydrogens (tertiary/aromatic N) is 2. The first-order valence-corrected chi connectivity index (χ1v) is 7.07. The number of hydrogen-bond donors (Lipinski definition) is 1. The van der Waals surface area contributed by atoms with Gasteiger partial charge in [-0.1, -0.05) is 23.4 Å². The van der Waals surface area contributed by atoms with Crippen LogP contribution in [0.4, 0.5) is 13.2 Å². The maximum absolute atomic E-state index is 12.8. The van der Waals surface area contributed by atoms with Crippen molar-refractivity contribution in [1.82, 2.24) is 10.1 Å². The summed E-state index contributed by atoms with van der Waals surface area (Å²) in [6.07, 6.45) is -4.65. The molecule has 2 N–H and O–H groups in total. The molecule has 0 amide bonds. The van der Waals surface area contributed by atoms with Gasteiger partial charge in [-0.25, -0.2) is 0 Å². The Balaban J connectivity index is 2.09. The van der Waals surface area contributed by atoms with Crippen molar-refractivity contribution in [2.45, 2.75) is 36.2 Å². The summed E-state index contributed by atoms with van der Waals surface area (Å²) in [5.74, 6) is -0.142. The largest absolute Gasteiger partial charge is 0.415 e. The maximum atomic E-state index is 12.8. The Morgan fingerprint density at radius 2 is 1.95 bits per heavy atom. The molecule has 1 atom stereocenters. The Labute approximate surface area is 123 Å². The van der Waals surface area contributed by atoms with E-state index in [4.69, 9.17) is 5.73 Å². The zero-order chi connectivity index (χ0) is 15.7. The molecule has 0 bridgehead atoms. The van der Waals surface area contributed by atoms with Gasteiger partial charge in [-0.2, -0.15) is 18.2 Å². The molecule has 0 aliphatic carbocycles. The van der Waals surface area contributed by atoms with Gasteiger partial charge in [0.05, 0.1) is 5.75 Å².